The maximum absolute atomic E-state index is 12.0. The zero-order valence-electron chi connectivity index (χ0n) is 18.2. The summed E-state index contributed by atoms with van der Waals surface area (Å²) in [6.45, 7) is 11.7. The molecule has 2 fully saturated rings. The summed E-state index contributed by atoms with van der Waals surface area (Å²) in [7, 11) is 0. The van der Waals surface area contributed by atoms with Crippen LogP contribution in [-0.2, 0) is 9.53 Å². The lowest BCUT2D eigenvalue weighted by Gasteiger charge is -2.34. The van der Waals surface area contributed by atoms with Crippen LogP contribution < -0.4 is 5.32 Å². The van der Waals surface area contributed by atoms with Gasteiger partial charge in [-0.3, -0.25) is 14.7 Å². The third-order valence-electron chi connectivity index (χ3n) is 5.83. The van der Waals surface area contributed by atoms with Crippen molar-refractivity contribution < 1.29 is 13.9 Å². The first-order valence-corrected chi connectivity index (χ1v) is 11.1. The number of ether oxygens (including phenoxy) is 1. The molecule has 1 N–H and O–H groups in total. The van der Waals surface area contributed by atoms with Gasteiger partial charge in [-0.1, -0.05) is 0 Å². The molecule has 0 bridgehead atoms. The predicted octanol–water partition coefficient (Wildman–Crippen LogP) is 2.97. The Morgan fingerprint density at radius 1 is 1.24 bits per heavy atom. The van der Waals surface area contributed by atoms with Gasteiger partial charge in [0, 0.05) is 19.6 Å². The molecule has 0 spiro atoms. The van der Waals surface area contributed by atoms with Crippen LogP contribution in [0.25, 0.3) is 0 Å². The first-order chi connectivity index (χ1) is 14.1. The van der Waals surface area contributed by atoms with Crippen LogP contribution in [0.15, 0.2) is 21.5 Å². The monoisotopic (exact) mass is 404 g/mol. The van der Waals surface area contributed by atoms with Gasteiger partial charge in [-0.2, -0.15) is 0 Å². The highest BCUT2D eigenvalue weighted by atomic mass is 16.5. The molecule has 0 saturated carbocycles. The minimum atomic E-state index is -0.0589. The minimum absolute atomic E-state index is 0.0116. The van der Waals surface area contributed by atoms with Crippen LogP contribution in [0.5, 0.6) is 0 Å². The van der Waals surface area contributed by atoms with Gasteiger partial charge in [0.25, 0.3) is 0 Å². The maximum atomic E-state index is 12.0. The molecule has 0 amide bonds. The average molecular weight is 405 g/mol. The standard InChI is InChI=1S/C22H36N4O3/c1-4-23-22(26-14-10-18(11-15-26)21(27)28-5-2)24-16-19(25-12-6-7-13-25)20-9-8-17(3)29-20/h8-9,18-19H,4-7,10-16H2,1-3H3,(H,23,24). The summed E-state index contributed by atoms with van der Waals surface area (Å²) < 4.78 is 11.2. The Hall–Kier alpha value is -2.02. The van der Waals surface area contributed by atoms with E-state index in [9.17, 15) is 4.79 Å². The SMILES string of the molecule is CCNC(=NCC(c1ccc(C)o1)N1CCCC1)N1CCC(C(=O)OCC)CC1. The van der Waals surface area contributed by atoms with E-state index < -0.39 is 0 Å². The molecule has 7 nitrogen and oxygen atoms in total. The summed E-state index contributed by atoms with van der Waals surface area (Å²) in [5, 5.41) is 3.43. The van der Waals surface area contributed by atoms with Crippen molar-refractivity contribution in [3.63, 3.8) is 0 Å². The molecule has 29 heavy (non-hydrogen) atoms. The fraction of sp³-hybridized carbons (Fsp3) is 0.727. The summed E-state index contributed by atoms with van der Waals surface area (Å²) >= 11 is 0. The molecular weight excluding hydrogens is 368 g/mol. The molecule has 1 atom stereocenters. The van der Waals surface area contributed by atoms with Crippen LogP contribution in [0.1, 0.15) is 57.1 Å². The van der Waals surface area contributed by atoms with Gasteiger partial charge in [0.2, 0.25) is 0 Å². The molecule has 1 aromatic heterocycles. The summed E-state index contributed by atoms with van der Waals surface area (Å²) in [4.78, 5) is 21.8. The Labute approximate surface area is 174 Å². The van der Waals surface area contributed by atoms with Crippen molar-refractivity contribution in [3.8, 4) is 0 Å². The Balaban J connectivity index is 1.66. The zero-order chi connectivity index (χ0) is 20.6. The normalized spacial score (nSPS) is 20.1. The lowest BCUT2D eigenvalue weighted by molar-refractivity contribution is -0.149. The molecular formula is C22H36N4O3. The van der Waals surface area contributed by atoms with Crippen LogP contribution in [0.4, 0.5) is 0 Å². The summed E-state index contributed by atoms with van der Waals surface area (Å²) in [5.41, 5.74) is 0. The van der Waals surface area contributed by atoms with Crippen molar-refractivity contribution in [2.24, 2.45) is 10.9 Å². The molecule has 7 heteroatoms. The third kappa shape index (κ3) is 5.75. The molecule has 0 aliphatic carbocycles. The molecule has 2 aliphatic rings. The van der Waals surface area contributed by atoms with E-state index in [0.29, 0.717) is 13.2 Å². The van der Waals surface area contributed by atoms with E-state index in [0.717, 1.165) is 63.0 Å². The highest BCUT2D eigenvalue weighted by Gasteiger charge is 2.29. The Bertz CT molecular complexity index is 673. The second-order valence-electron chi connectivity index (χ2n) is 7.92. The second-order valence-corrected chi connectivity index (χ2v) is 7.92. The van der Waals surface area contributed by atoms with Crippen molar-refractivity contribution >= 4 is 11.9 Å². The van der Waals surface area contributed by atoms with E-state index in [1.165, 1.54) is 12.8 Å². The van der Waals surface area contributed by atoms with E-state index in [4.69, 9.17) is 14.1 Å². The van der Waals surface area contributed by atoms with Crippen molar-refractivity contribution in [1.29, 1.82) is 0 Å². The van der Waals surface area contributed by atoms with Crippen LogP contribution >= 0.6 is 0 Å². The Morgan fingerprint density at radius 2 is 1.97 bits per heavy atom. The summed E-state index contributed by atoms with van der Waals surface area (Å²) in [6, 6.07) is 4.30. The minimum Gasteiger partial charge on any atom is -0.466 e. The van der Waals surface area contributed by atoms with Gasteiger partial charge in [-0.25, -0.2) is 0 Å². The number of piperidine rings is 1. The number of carbonyl (C=O) groups excluding carboxylic acids is 1. The van der Waals surface area contributed by atoms with Crippen LogP contribution in [-0.4, -0.2) is 67.6 Å². The lowest BCUT2D eigenvalue weighted by atomic mass is 9.97. The fourth-order valence-electron chi connectivity index (χ4n) is 4.26. The number of likely N-dealkylation sites (tertiary alicyclic amines) is 2. The van der Waals surface area contributed by atoms with E-state index >= 15 is 0 Å². The van der Waals surface area contributed by atoms with Gasteiger partial charge < -0.3 is 19.4 Å². The van der Waals surface area contributed by atoms with Gasteiger partial charge in [-0.15, -0.1) is 0 Å². The number of aryl methyl sites for hydroxylation is 1. The summed E-state index contributed by atoms with van der Waals surface area (Å²) in [5.74, 6) is 2.84. The number of carbonyl (C=O) groups is 1. The van der Waals surface area contributed by atoms with Crippen LogP contribution in [0.3, 0.4) is 0 Å². The Kier molecular flexibility index (Phi) is 7.98. The molecule has 3 rings (SSSR count). The highest BCUT2D eigenvalue weighted by Crippen LogP contribution is 2.27. The van der Waals surface area contributed by atoms with E-state index in [1.54, 1.807) is 0 Å². The number of rotatable bonds is 7. The molecule has 2 aliphatic heterocycles. The topological polar surface area (TPSA) is 70.3 Å². The number of hydrogen-bond donors (Lipinski definition) is 1. The zero-order valence-corrected chi connectivity index (χ0v) is 18.2. The maximum Gasteiger partial charge on any atom is 0.309 e. The number of nitrogens with zero attached hydrogens (tertiary/aromatic N) is 3. The van der Waals surface area contributed by atoms with Crippen LogP contribution in [0.2, 0.25) is 0 Å². The molecule has 1 aromatic rings. The first-order valence-electron chi connectivity index (χ1n) is 11.1. The van der Waals surface area contributed by atoms with Crippen molar-refractivity contribution in [2.45, 2.75) is 52.5 Å². The van der Waals surface area contributed by atoms with Gasteiger partial charge in [0.1, 0.15) is 11.5 Å². The van der Waals surface area contributed by atoms with E-state index in [-0.39, 0.29) is 17.9 Å². The van der Waals surface area contributed by atoms with Crippen LogP contribution in [0, 0.1) is 12.8 Å². The van der Waals surface area contributed by atoms with Gasteiger partial charge in [0.15, 0.2) is 5.96 Å². The number of nitrogens with one attached hydrogen (secondary N) is 1. The van der Waals surface area contributed by atoms with Gasteiger partial charge >= 0.3 is 5.97 Å². The number of esters is 1. The molecule has 2 saturated heterocycles. The van der Waals surface area contributed by atoms with Crippen molar-refractivity contribution in [3.05, 3.63) is 23.7 Å². The quantitative estimate of drug-likeness (QED) is 0.428. The van der Waals surface area contributed by atoms with Gasteiger partial charge in [-0.05, 0) is 71.7 Å². The summed E-state index contributed by atoms with van der Waals surface area (Å²) in [6.07, 6.45) is 4.11. The number of guanidine groups is 1. The molecule has 0 aromatic carbocycles. The number of furan rings is 1. The fourth-order valence-corrected chi connectivity index (χ4v) is 4.26. The molecule has 162 valence electrons. The van der Waals surface area contributed by atoms with E-state index in [2.05, 4.69) is 28.1 Å². The molecule has 3 heterocycles. The van der Waals surface area contributed by atoms with Gasteiger partial charge in [0.05, 0.1) is 25.1 Å². The van der Waals surface area contributed by atoms with Crippen molar-refractivity contribution in [2.75, 3.05) is 45.9 Å². The largest absolute Gasteiger partial charge is 0.466 e. The lowest BCUT2D eigenvalue weighted by Crippen LogP contribution is -2.47. The highest BCUT2D eigenvalue weighted by molar-refractivity contribution is 5.80. The predicted molar refractivity (Wildman–Crippen MR) is 114 cm³/mol. The number of hydrogen-bond acceptors (Lipinski definition) is 5. The van der Waals surface area contributed by atoms with Crippen molar-refractivity contribution in [1.82, 2.24) is 15.1 Å². The average Bonchev–Trinajstić information content (AvgIpc) is 3.40. The number of aliphatic imine (C=N–C) groups is 1. The third-order valence-corrected chi connectivity index (χ3v) is 5.83. The molecule has 0 radical (unpaired) electrons. The molecule has 1 unspecified atom stereocenters. The van der Waals surface area contributed by atoms with E-state index in [1.807, 2.05) is 19.9 Å². The first kappa shape index (κ1) is 21.7. The second kappa shape index (κ2) is 10.7. The Morgan fingerprint density at radius 3 is 2.55 bits per heavy atom. The smallest absolute Gasteiger partial charge is 0.309 e.